The van der Waals surface area contributed by atoms with E-state index in [0.29, 0.717) is 49.0 Å². The molecule has 0 aliphatic carbocycles. The molecule has 2 amide bonds. The summed E-state index contributed by atoms with van der Waals surface area (Å²) in [6.45, 7) is 4.09. The second-order valence-electron chi connectivity index (χ2n) is 6.40. The molecule has 1 saturated heterocycles. The van der Waals surface area contributed by atoms with Gasteiger partial charge in [0.1, 0.15) is 0 Å². The fraction of sp³-hybridized carbons (Fsp3) is 0.333. The van der Waals surface area contributed by atoms with Gasteiger partial charge in [0, 0.05) is 31.1 Å². The number of nitrogens with zero attached hydrogens (tertiary/aromatic N) is 1. The molecular formula is C21H23ClN2O3. The van der Waals surface area contributed by atoms with Crippen molar-refractivity contribution in [1.82, 2.24) is 5.32 Å². The summed E-state index contributed by atoms with van der Waals surface area (Å²) in [6.07, 6.45) is 1.29. The average Bonchev–Trinajstić information content (AvgIpc) is 3.10. The molecule has 1 aliphatic heterocycles. The Morgan fingerprint density at radius 2 is 2.00 bits per heavy atom. The van der Waals surface area contributed by atoms with Crippen molar-refractivity contribution >= 4 is 29.1 Å². The normalized spacial score (nSPS) is 13.9. The molecule has 0 aromatic heterocycles. The number of hydrogen-bond donors (Lipinski definition) is 1. The van der Waals surface area contributed by atoms with Crippen LogP contribution in [0, 0.1) is 0 Å². The van der Waals surface area contributed by atoms with Gasteiger partial charge in [-0.3, -0.25) is 9.59 Å². The van der Waals surface area contributed by atoms with Crippen molar-refractivity contribution < 1.29 is 14.3 Å². The van der Waals surface area contributed by atoms with Crippen LogP contribution in [-0.2, 0) is 22.7 Å². The van der Waals surface area contributed by atoms with Crippen LogP contribution in [-0.4, -0.2) is 25.0 Å². The van der Waals surface area contributed by atoms with Crippen molar-refractivity contribution in [1.29, 1.82) is 0 Å². The molecule has 0 atom stereocenters. The lowest BCUT2D eigenvalue weighted by atomic mass is 10.1. The number of hydrogen-bond acceptors (Lipinski definition) is 3. The summed E-state index contributed by atoms with van der Waals surface area (Å²) in [6, 6.07) is 12.9. The smallest absolute Gasteiger partial charge is 0.253 e. The first kappa shape index (κ1) is 19.4. The SMILES string of the molecule is CCOCc1ccccc1CNC(=O)c1ccc(Cl)cc1N1CCCC1=O. The fourth-order valence-electron chi connectivity index (χ4n) is 3.18. The zero-order chi connectivity index (χ0) is 19.2. The largest absolute Gasteiger partial charge is 0.377 e. The number of carbonyl (C=O) groups excluding carboxylic acids is 2. The monoisotopic (exact) mass is 386 g/mol. The van der Waals surface area contributed by atoms with Gasteiger partial charge in [0.2, 0.25) is 5.91 Å². The van der Waals surface area contributed by atoms with Crippen molar-refractivity contribution in [2.75, 3.05) is 18.1 Å². The number of halogens is 1. The second kappa shape index (κ2) is 9.02. The van der Waals surface area contributed by atoms with E-state index in [1.54, 1.807) is 23.1 Å². The maximum atomic E-state index is 12.8. The Hall–Kier alpha value is -2.37. The van der Waals surface area contributed by atoms with E-state index < -0.39 is 0 Å². The topological polar surface area (TPSA) is 58.6 Å². The molecule has 27 heavy (non-hydrogen) atoms. The molecule has 2 aromatic carbocycles. The van der Waals surface area contributed by atoms with Crippen molar-refractivity contribution in [2.24, 2.45) is 0 Å². The highest BCUT2D eigenvalue weighted by Crippen LogP contribution is 2.28. The minimum atomic E-state index is -0.229. The molecule has 1 fully saturated rings. The minimum absolute atomic E-state index is 0.0216. The van der Waals surface area contributed by atoms with Crippen LogP contribution < -0.4 is 10.2 Å². The molecule has 0 saturated carbocycles. The van der Waals surface area contributed by atoms with Crippen LogP contribution in [0.15, 0.2) is 42.5 Å². The number of carbonyl (C=O) groups is 2. The van der Waals surface area contributed by atoms with Gasteiger partial charge in [0.15, 0.2) is 0 Å². The van der Waals surface area contributed by atoms with Crippen LogP contribution in [0.5, 0.6) is 0 Å². The van der Waals surface area contributed by atoms with E-state index in [1.807, 2.05) is 31.2 Å². The first-order valence-corrected chi connectivity index (χ1v) is 9.50. The van der Waals surface area contributed by atoms with Crippen LogP contribution >= 0.6 is 11.6 Å². The fourth-order valence-corrected chi connectivity index (χ4v) is 3.34. The summed E-state index contributed by atoms with van der Waals surface area (Å²) in [5, 5.41) is 3.46. The zero-order valence-corrected chi connectivity index (χ0v) is 16.1. The van der Waals surface area contributed by atoms with E-state index in [0.717, 1.165) is 17.5 Å². The third-order valence-electron chi connectivity index (χ3n) is 4.59. The molecule has 0 spiro atoms. The lowest BCUT2D eigenvalue weighted by Gasteiger charge is -2.20. The molecule has 1 heterocycles. The summed E-state index contributed by atoms with van der Waals surface area (Å²) in [7, 11) is 0. The number of nitrogens with one attached hydrogen (secondary N) is 1. The molecule has 5 nitrogen and oxygen atoms in total. The summed E-state index contributed by atoms with van der Waals surface area (Å²) < 4.78 is 5.49. The first-order valence-electron chi connectivity index (χ1n) is 9.12. The lowest BCUT2D eigenvalue weighted by molar-refractivity contribution is -0.117. The second-order valence-corrected chi connectivity index (χ2v) is 6.84. The van der Waals surface area contributed by atoms with Crippen LogP contribution in [0.1, 0.15) is 41.3 Å². The van der Waals surface area contributed by atoms with Gasteiger partial charge in [-0.1, -0.05) is 35.9 Å². The quantitative estimate of drug-likeness (QED) is 0.784. The lowest BCUT2D eigenvalue weighted by Crippen LogP contribution is -2.29. The van der Waals surface area contributed by atoms with E-state index >= 15 is 0 Å². The molecule has 1 N–H and O–H groups in total. The maximum absolute atomic E-state index is 12.8. The van der Waals surface area contributed by atoms with Gasteiger partial charge in [0.05, 0.1) is 17.9 Å². The Bertz CT molecular complexity index is 838. The Morgan fingerprint density at radius 3 is 2.70 bits per heavy atom. The average molecular weight is 387 g/mol. The Kier molecular flexibility index (Phi) is 6.48. The van der Waals surface area contributed by atoms with E-state index in [-0.39, 0.29) is 11.8 Å². The van der Waals surface area contributed by atoms with E-state index in [4.69, 9.17) is 16.3 Å². The van der Waals surface area contributed by atoms with Crippen LogP contribution in [0.25, 0.3) is 0 Å². The molecule has 0 bridgehead atoms. The van der Waals surface area contributed by atoms with Gasteiger partial charge < -0.3 is 15.0 Å². The maximum Gasteiger partial charge on any atom is 0.253 e. The van der Waals surface area contributed by atoms with Gasteiger partial charge in [-0.25, -0.2) is 0 Å². The Morgan fingerprint density at radius 1 is 1.22 bits per heavy atom. The molecular weight excluding hydrogens is 364 g/mol. The molecule has 2 aromatic rings. The Labute approximate surface area is 164 Å². The molecule has 6 heteroatoms. The molecule has 0 radical (unpaired) electrons. The highest BCUT2D eigenvalue weighted by molar-refractivity contribution is 6.31. The molecule has 0 unspecified atom stereocenters. The highest BCUT2D eigenvalue weighted by atomic mass is 35.5. The summed E-state index contributed by atoms with van der Waals surface area (Å²) in [5.74, 6) is -0.207. The number of benzene rings is 2. The van der Waals surface area contributed by atoms with Gasteiger partial charge in [-0.05, 0) is 42.7 Å². The predicted molar refractivity (Wildman–Crippen MR) is 106 cm³/mol. The number of rotatable bonds is 7. The van der Waals surface area contributed by atoms with Gasteiger partial charge in [0.25, 0.3) is 5.91 Å². The summed E-state index contributed by atoms with van der Waals surface area (Å²) in [5.41, 5.74) is 3.08. The van der Waals surface area contributed by atoms with Gasteiger partial charge in [-0.2, -0.15) is 0 Å². The summed E-state index contributed by atoms with van der Waals surface area (Å²) in [4.78, 5) is 26.6. The third kappa shape index (κ3) is 4.67. The number of anilines is 1. The molecule has 1 aliphatic rings. The van der Waals surface area contributed by atoms with Crippen molar-refractivity contribution in [2.45, 2.75) is 32.9 Å². The minimum Gasteiger partial charge on any atom is -0.377 e. The number of ether oxygens (including phenoxy) is 1. The van der Waals surface area contributed by atoms with E-state index in [9.17, 15) is 9.59 Å². The van der Waals surface area contributed by atoms with Crippen LogP contribution in [0.2, 0.25) is 5.02 Å². The van der Waals surface area contributed by atoms with Crippen molar-refractivity contribution in [3.8, 4) is 0 Å². The number of amides is 2. The van der Waals surface area contributed by atoms with Crippen LogP contribution in [0.4, 0.5) is 5.69 Å². The van der Waals surface area contributed by atoms with Crippen LogP contribution in [0.3, 0.4) is 0 Å². The predicted octanol–water partition coefficient (Wildman–Crippen LogP) is 3.93. The van der Waals surface area contributed by atoms with Gasteiger partial charge in [-0.15, -0.1) is 0 Å². The first-order chi connectivity index (χ1) is 13.1. The standard InChI is InChI=1S/C21H23ClN2O3/c1-2-27-14-16-7-4-3-6-15(16)13-23-21(26)18-10-9-17(22)12-19(18)24-11-5-8-20(24)25/h3-4,6-7,9-10,12H,2,5,8,11,13-14H2,1H3,(H,23,26). The van der Waals surface area contributed by atoms with Crippen molar-refractivity contribution in [3.63, 3.8) is 0 Å². The van der Waals surface area contributed by atoms with Gasteiger partial charge >= 0.3 is 0 Å². The Balaban J connectivity index is 1.77. The summed E-state index contributed by atoms with van der Waals surface area (Å²) >= 11 is 6.11. The van der Waals surface area contributed by atoms with E-state index in [2.05, 4.69) is 5.32 Å². The van der Waals surface area contributed by atoms with E-state index in [1.165, 1.54) is 0 Å². The zero-order valence-electron chi connectivity index (χ0n) is 15.3. The van der Waals surface area contributed by atoms with Crippen molar-refractivity contribution in [3.05, 3.63) is 64.2 Å². The third-order valence-corrected chi connectivity index (χ3v) is 4.82. The molecule has 3 rings (SSSR count). The highest BCUT2D eigenvalue weighted by Gasteiger charge is 2.26. The molecule has 142 valence electrons.